The Bertz CT molecular complexity index is 680. The highest BCUT2D eigenvalue weighted by Gasteiger charge is 2.10. The number of nitrogens with zero attached hydrogens (tertiary/aromatic N) is 2. The van der Waals surface area contributed by atoms with Gasteiger partial charge in [0.2, 0.25) is 0 Å². The summed E-state index contributed by atoms with van der Waals surface area (Å²) >= 11 is 5.93. The van der Waals surface area contributed by atoms with E-state index < -0.39 is 5.82 Å². The first kappa shape index (κ1) is 16.7. The van der Waals surface area contributed by atoms with E-state index in [0.717, 1.165) is 37.6 Å². The minimum Gasteiger partial charge on any atom is -0.391 e. The van der Waals surface area contributed by atoms with Crippen LogP contribution in [0.4, 0.5) is 10.1 Å². The number of hydrogen-bond donors (Lipinski definition) is 0. The monoisotopic (exact) mass is 348 g/mol. The van der Waals surface area contributed by atoms with Crippen molar-refractivity contribution in [1.29, 1.82) is 0 Å². The Morgan fingerprint density at radius 3 is 2.62 bits per heavy atom. The molecule has 1 saturated heterocycles. The first-order valence-electron chi connectivity index (χ1n) is 7.75. The van der Waals surface area contributed by atoms with Crippen molar-refractivity contribution < 1.29 is 14.0 Å². The zero-order valence-corrected chi connectivity index (χ0v) is 13.9. The molecule has 0 saturated carbocycles. The SMILES string of the molecule is Fc1cccc(Cl)c1CON=Cc1ccc(N2CCOCC2)cc1. The van der Waals surface area contributed by atoms with Gasteiger partial charge in [0.25, 0.3) is 0 Å². The van der Waals surface area contributed by atoms with Gasteiger partial charge in [-0.25, -0.2) is 4.39 Å². The van der Waals surface area contributed by atoms with Crippen molar-refractivity contribution in [2.75, 3.05) is 31.2 Å². The molecule has 6 heteroatoms. The molecule has 0 N–H and O–H groups in total. The molecule has 0 atom stereocenters. The molecule has 3 rings (SSSR count). The molecule has 0 aromatic heterocycles. The number of hydrogen-bond acceptors (Lipinski definition) is 4. The van der Waals surface area contributed by atoms with Crippen molar-refractivity contribution in [1.82, 2.24) is 0 Å². The van der Waals surface area contributed by atoms with Crippen LogP contribution in [0.15, 0.2) is 47.6 Å². The predicted molar refractivity (Wildman–Crippen MR) is 93.3 cm³/mol. The molecular formula is C18H18ClFN2O2. The van der Waals surface area contributed by atoms with Gasteiger partial charge in [-0.1, -0.05) is 35.0 Å². The Morgan fingerprint density at radius 2 is 1.92 bits per heavy atom. The first-order chi connectivity index (χ1) is 11.7. The number of ether oxygens (including phenoxy) is 1. The molecule has 126 valence electrons. The number of anilines is 1. The van der Waals surface area contributed by atoms with E-state index in [-0.39, 0.29) is 6.61 Å². The van der Waals surface area contributed by atoms with Crippen LogP contribution >= 0.6 is 11.6 Å². The van der Waals surface area contributed by atoms with Crippen LogP contribution in [-0.4, -0.2) is 32.5 Å². The molecule has 1 aliphatic rings. The van der Waals surface area contributed by atoms with Crippen LogP contribution in [0.3, 0.4) is 0 Å². The fraction of sp³-hybridized carbons (Fsp3) is 0.278. The maximum absolute atomic E-state index is 13.6. The minimum absolute atomic E-state index is 0.00608. The Morgan fingerprint density at radius 1 is 1.17 bits per heavy atom. The van der Waals surface area contributed by atoms with Crippen LogP contribution in [0, 0.1) is 5.82 Å². The number of halogens is 2. The maximum Gasteiger partial charge on any atom is 0.146 e. The third-order valence-corrected chi connectivity index (χ3v) is 4.17. The minimum atomic E-state index is -0.396. The molecule has 24 heavy (non-hydrogen) atoms. The molecule has 0 spiro atoms. The molecule has 0 amide bonds. The van der Waals surface area contributed by atoms with Gasteiger partial charge in [-0.15, -0.1) is 0 Å². The number of morpholine rings is 1. The maximum atomic E-state index is 13.6. The fourth-order valence-corrected chi connectivity index (χ4v) is 2.68. The summed E-state index contributed by atoms with van der Waals surface area (Å²) in [5, 5.41) is 4.21. The van der Waals surface area contributed by atoms with Gasteiger partial charge in [-0.05, 0) is 29.8 Å². The predicted octanol–water partition coefficient (Wildman–Crippen LogP) is 3.87. The smallest absolute Gasteiger partial charge is 0.146 e. The molecule has 1 aliphatic heterocycles. The highest BCUT2D eigenvalue weighted by atomic mass is 35.5. The molecular weight excluding hydrogens is 331 g/mol. The lowest BCUT2D eigenvalue weighted by atomic mass is 10.2. The summed E-state index contributed by atoms with van der Waals surface area (Å²) in [6.07, 6.45) is 1.60. The molecule has 4 nitrogen and oxygen atoms in total. The van der Waals surface area contributed by atoms with Crippen LogP contribution in [0.2, 0.25) is 5.02 Å². The molecule has 1 heterocycles. The van der Waals surface area contributed by atoms with Crippen molar-refractivity contribution in [3.05, 3.63) is 64.4 Å². The molecule has 2 aromatic rings. The Balaban J connectivity index is 1.55. The molecule has 0 aliphatic carbocycles. The summed E-state index contributed by atoms with van der Waals surface area (Å²) in [7, 11) is 0. The molecule has 0 bridgehead atoms. The highest BCUT2D eigenvalue weighted by Crippen LogP contribution is 2.20. The number of rotatable bonds is 5. The van der Waals surface area contributed by atoms with E-state index in [1.807, 2.05) is 24.3 Å². The topological polar surface area (TPSA) is 34.1 Å². The largest absolute Gasteiger partial charge is 0.391 e. The molecule has 0 unspecified atom stereocenters. The lowest BCUT2D eigenvalue weighted by Crippen LogP contribution is -2.36. The van der Waals surface area contributed by atoms with E-state index in [9.17, 15) is 4.39 Å². The van der Waals surface area contributed by atoms with Gasteiger partial charge in [0, 0.05) is 24.3 Å². The first-order valence-corrected chi connectivity index (χ1v) is 8.13. The van der Waals surface area contributed by atoms with Crippen molar-refractivity contribution >= 4 is 23.5 Å². The average Bonchev–Trinajstić information content (AvgIpc) is 2.62. The summed E-state index contributed by atoms with van der Waals surface area (Å²) < 4.78 is 18.9. The quantitative estimate of drug-likeness (QED) is 0.607. The fourth-order valence-electron chi connectivity index (χ4n) is 2.46. The Hall–Kier alpha value is -2.11. The third kappa shape index (κ3) is 4.24. The second-order valence-electron chi connectivity index (χ2n) is 5.40. The van der Waals surface area contributed by atoms with E-state index in [1.165, 1.54) is 6.07 Å². The zero-order chi connectivity index (χ0) is 16.8. The average molecular weight is 349 g/mol. The van der Waals surface area contributed by atoms with E-state index in [0.29, 0.717) is 10.6 Å². The van der Waals surface area contributed by atoms with E-state index in [2.05, 4.69) is 10.1 Å². The molecule has 1 fully saturated rings. The Kier molecular flexibility index (Phi) is 5.67. The van der Waals surface area contributed by atoms with Crippen molar-refractivity contribution in [2.24, 2.45) is 5.16 Å². The lowest BCUT2D eigenvalue weighted by Gasteiger charge is -2.28. The summed E-state index contributed by atoms with van der Waals surface area (Å²) in [4.78, 5) is 7.43. The molecule has 2 aromatic carbocycles. The lowest BCUT2D eigenvalue weighted by molar-refractivity contribution is 0.122. The van der Waals surface area contributed by atoms with Crippen molar-refractivity contribution in [2.45, 2.75) is 6.61 Å². The van der Waals surface area contributed by atoms with Gasteiger partial charge in [-0.2, -0.15) is 0 Å². The normalized spacial score (nSPS) is 15.0. The van der Waals surface area contributed by atoms with Crippen LogP contribution in [0.25, 0.3) is 0 Å². The second kappa shape index (κ2) is 8.13. The van der Waals surface area contributed by atoms with Crippen LogP contribution < -0.4 is 4.90 Å². The van der Waals surface area contributed by atoms with Crippen LogP contribution in [0.5, 0.6) is 0 Å². The second-order valence-corrected chi connectivity index (χ2v) is 5.81. The summed E-state index contributed by atoms with van der Waals surface area (Å²) in [5.74, 6) is -0.396. The van der Waals surface area contributed by atoms with E-state index >= 15 is 0 Å². The van der Waals surface area contributed by atoms with Crippen molar-refractivity contribution in [3.63, 3.8) is 0 Å². The Labute approximate surface area is 145 Å². The zero-order valence-electron chi connectivity index (χ0n) is 13.1. The third-order valence-electron chi connectivity index (χ3n) is 3.82. The standard InChI is InChI=1S/C18H18ClFN2O2/c19-17-2-1-3-18(20)16(17)13-24-21-12-14-4-6-15(7-5-14)22-8-10-23-11-9-22/h1-7,12H,8-11,13H2. The van der Waals surface area contributed by atoms with E-state index in [1.54, 1.807) is 18.3 Å². The highest BCUT2D eigenvalue weighted by molar-refractivity contribution is 6.31. The molecule has 0 radical (unpaired) electrons. The van der Waals surface area contributed by atoms with Crippen molar-refractivity contribution in [3.8, 4) is 0 Å². The summed E-state index contributed by atoms with van der Waals surface area (Å²) in [6.45, 7) is 3.32. The van der Waals surface area contributed by atoms with Gasteiger partial charge in [0.1, 0.15) is 12.4 Å². The summed E-state index contributed by atoms with van der Waals surface area (Å²) in [5.41, 5.74) is 2.38. The van der Waals surface area contributed by atoms with Gasteiger partial charge < -0.3 is 14.5 Å². The van der Waals surface area contributed by atoms with Crippen LogP contribution in [-0.2, 0) is 16.2 Å². The van der Waals surface area contributed by atoms with Gasteiger partial charge in [0.15, 0.2) is 0 Å². The van der Waals surface area contributed by atoms with Gasteiger partial charge in [-0.3, -0.25) is 0 Å². The summed E-state index contributed by atoms with van der Waals surface area (Å²) in [6, 6.07) is 12.5. The van der Waals surface area contributed by atoms with Gasteiger partial charge >= 0.3 is 0 Å². The van der Waals surface area contributed by atoms with Gasteiger partial charge in [0.05, 0.1) is 24.5 Å². The van der Waals surface area contributed by atoms with E-state index in [4.69, 9.17) is 21.2 Å². The van der Waals surface area contributed by atoms with Crippen LogP contribution in [0.1, 0.15) is 11.1 Å². The number of oxime groups is 1. The number of benzene rings is 2.